The normalized spacial score (nSPS) is 29.1. The average Bonchev–Trinajstić information content (AvgIpc) is 3.38. The number of ether oxygens (including phenoxy) is 2. The Hall–Kier alpha value is -1.74. The fraction of sp³-hybridized carbons (Fsp3) is 0.857. The molecule has 0 aromatic heterocycles. The number of likely N-dealkylation sites (tertiary alicyclic amines) is 3. The Morgan fingerprint density at radius 2 is 1.26 bits per heavy atom. The van der Waals surface area contributed by atoms with Crippen molar-refractivity contribution >= 4 is 29.2 Å². The van der Waals surface area contributed by atoms with E-state index in [1.54, 1.807) is 9.80 Å². The van der Waals surface area contributed by atoms with Gasteiger partial charge in [-0.25, -0.2) is 9.59 Å². The van der Waals surface area contributed by atoms with Crippen molar-refractivity contribution < 1.29 is 23.9 Å². The smallest absolute Gasteiger partial charge is 0.410 e. The molecular formula is C21H35ClN4O5. The summed E-state index contributed by atoms with van der Waals surface area (Å²) in [6.45, 7) is 14.0. The van der Waals surface area contributed by atoms with Gasteiger partial charge in [0, 0.05) is 38.3 Å². The minimum atomic E-state index is -0.485. The maximum Gasteiger partial charge on any atom is 0.410 e. The fourth-order valence-electron chi connectivity index (χ4n) is 4.53. The maximum absolute atomic E-state index is 11.9. The zero-order chi connectivity index (χ0) is 23.1. The van der Waals surface area contributed by atoms with E-state index in [4.69, 9.17) is 21.1 Å². The number of amides is 3. The van der Waals surface area contributed by atoms with Gasteiger partial charge in [0.2, 0.25) is 0 Å². The standard InChI is InChI=1S/C11H17ClN2O3.C10H18N2O2/c1-11(2,3)17-10(16)14-6-7-4-8(14)5-13(7)9(12)15;1-10(2,3)14-9(13)12-6-7-4-8(12)5-11-7/h7-8H,4-6H2,1-3H3;7-8,11H,4-6H2,1-3H3. The Balaban J connectivity index is 0.000000179. The van der Waals surface area contributed by atoms with Crippen LogP contribution < -0.4 is 5.32 Å². The summed E-state index contributed by atoms with van der Waals surface area (Å²) in [6.07, 6.45) is 1.43. The molecule has 1 N–H and O–H groups in total. The lowest BCUT2D eigenvalue weighted by molar-refractivity contribution is 0.0157. The summed E-state index contributed by atoms with van der Waals surface area (Å²) in [5, 5.41) is 2.92. The quantitative estimate of drug-likeness (QED) is 0.443. The summed E-state index contributed by atoms with van der Waals surface area (Å²) < 4.78 is 10.7. The predicted octanol–water partition coefficient (Wildman–Crippen LogP) is 3.01. The number of rotatable bonds is 0. The fourth-order valence-corrected chi connectivity index (χ4v) is 4.74. The molecule has 4 fully saturated rings. The van der Waals surface area contributed by atoms with E-state index in [1.807, 2.05) is 46.4 Å². The number of piperazine rings is 2. The molecule has 0 radical (unpaired) electrons. The lowest BCUT2D eigenvalue weighted by atomic mass is 10.2. The number of carbonyl (C=O) groups is 3. The molecule has 4 unspecified atom stereocenters. The summed E-state index contributed by atoms with van der Waals surface area (Å²) in [5.74, 6) is 0. The molecule has 4 rings (SSSR count). The van der Waals surface area contributed by atoms with E-state index in [1.165, 1.54) is 0 Å². The molecule has 10 heteroatoms. The largest absolute Gasteiger partial charge is 0.444 e. The molecule has 4 bridgehead atoms. The van der Waals surface area contributed by atoms with Crippen LogP contribution >= 0.6 is 11.6 Å². The number of halogens is 1. The number of hydrogen-bond acceptors (Lipinski definition) is 6. The van der Waals surface area contributed by atoms with Crippen molar-refractivity contribution in [1.82, 2.24) is 20.0 Å². The first-order valence-electron chi connectivity index (χ1n) is 10.9. The van der Waals surface area contributed by atoms with Gasteiger partial charge in [0.15, 0.2) is 0 Å². The van der Waals surface area contributed by atoms with Crippen LogP contribution in [0.3, 0.4) is 0 Å². The molecule has 0 spiro atoms. The van der Waals surface area contributed by atoms with Crippen LogP contribution in [0.1, 0.15) is 54.4 Å². The minimum absolute atomic E-state index is 0.0533. The van der Waals surface area contributed by atoms with Gasteiger partial charge in [0.1, 0.15) is 11.2 Å². The molecule has 4 aliphatic rings. The molecule has 0 aromatic rings. The Kier molecular flexibility index (Phi) is 6.68. The molecule has 0 aromatic carbocycles. The SMILES string of the molecule is CC(C)(C)OC(=O)N1CC2CC1CN2.CC(C)(C)OC(=O)N1CC2CC1CN2C(=O)Cl. The van der Waals surface area contributed by atoms with Crippen molar-refractivity contribution in [2.45, 2.75) is 89.8 Å². The van der Waals surface area contributed by atoms with Crippen molar-refractivity contribution in [2.75, 3.05) is 26.2 Å². The first kappa shape index (κ1) is 23.9. The third-order valence-electron chi connectivity index (χ3n) is 5.78. The number of carbonyl (C=O) groups excluding carboxylic acids is 3. The molecule has 4 heterocycles. The highest BCUT2D eigenvalue weighted by molar-refractivity contribution is 6.62. The zero-order valence-electron chi connectivity index (χ0n) is 19.3. The van der Waals surface area contributed by atoms with Gasteiger partial charge in [-0.05, 0) is 66.0 Å². The Morgan fingerprint density at radius 3 is 1.61 bits per heavy atom. The van der Waals surface area contributed by atoms with Gasteiger partial charge in [-0.15, -0.1) is 0 Å². The lowest BCUT2D eigenvalue weighted by Gasteiger charge is -2.34. The van der Waals surface area contributed by atoms with E-state index in [9.17, 15) is 14.4 Å². The first-order chi connectivity index (χ1) is 14.2. The monoisotopic (exact) mass is 458 g/mol. The molecular weight excluding hydrogens is 424 g/mol. The van der Waals surface area contributed by atoms with Crippen molar-refractivity contribution in [3.63, 3.8) is 0 Å². The summed E-state index contributed by atoms with van der Waals surface area (Å²) in [7, 11) is 0. The first-order valence-corrected chi connectivity index (χ1v) is 11.3. The van der Waals surface area contributed by atoms with Crippen LogP contribution in [-0.4, -0.2) is 93.8 Å². The highest BCUT2D eigenvalue weighted by Gasteiger charge is 2.48. The van der Waals surface area contributed by atoms with Crippen LogP contribution in [0.4, 0.5) is 14.4 Å². The van der Waals surface area contributed by atoms with Crippen molar-refractivity contribution in [2.24, 2.45) is 0 Å². The Morgan fingerprint density at radius 1 is 0.774 bits per heavy atom. The molecule has 3 amide bonds. The molecule has 9 nitrogen and oxygen atoms in total. The second kappa shape index (κ2) is 8.65. The third kappa shape index (κ3) is 5.94. The van der Waals surface area contributed by atoms with Gasteiger partial charge in [-0.1, -0.05) is 0 Å². The number of nitrogens with one attached hydrogen (secondary N) is 1. The van der Waals surface area contributed by atoms with Gasteiger partial charge in [-0.3, -0.25) is 4.79 Å². The molecule has 4 saturated heterocycles. The summed E-state index contributed by atoms with van der Waals surface area (Å²) in [6, 6.07) is 0.956. The van der Waals surface area contributed by atoms with Gasteiger partial charge in [-0.2, -0.15) is 0 Å². The van der Waals surface area contributed by atoms with Crippen LogP contribution in [0.25, 0.3) is 0 Å². The molecule has 0 saturated carbocycles. The van der Waals surface area contributed by atoms with Crippen LogP contribution in [0.5, 0.6) is 0 Å². The molecule has 0 aliphatic carbocycles. The van der Waals surface area contributed by atoms with E-state index in [0.29, 0.717) is 25.2 Å². The molecule has 176 valence electrons. The summed E-state index contributed by atoms with van der Waals surface area (Å²) in [4.78, 5) is 39.9. The lowest BCUT2D eigenvalue weighted by Crippen LogP contribution is -2.50. The zero-order valence-corrected chi connectivity index (χ0v) is 20.1. The highest BCUT2D eigenvalue weighted by Crippen LogP contribution is 2.32. The van der Waals surface area contributed by atoms with E-state index < -0.39 is 11.0 Å². The second-order valence-corrected chi connectivity index (χ2v) is 11.0. The van der Waals surface area contributed by atoms with Crippen molar-refractivity contribution in [3.05, 3.63) is 0 Å². The van der Waals surface area contributed by atoms with Gasteiger partial charge in [0.25, 0.3) is 0 Å². The third-order valence-corrected chi connectivity index (χ3v) is 6.00. The molecule has 31 heavy (non-hydrogen) atoms. The van der Waals surface area contributed by atoms with E-state index in [2.05, 4.69) is 5.32 Å². The van der Waals surface area contributed by atoms with Crippen LogP contribution in [0.15, 0.2) is 0 Å². The highest BCUT2D eigenvalue weighted by atomic mass is 35.5. The maximum atomic E-state index is 11.9. The number of fused-ring (bicyclic) bond motifs is 4. The van der Waals surface area contributed by atoms with Crippen LogP contribution in [0.2, 0.25) is 0 Å². The van der Waals surface area contributed by atoms with E-state index >= 15 is 0 Å². The van der Waals surface area contributed by atoms with Crippen LogP contribution in [-0.2, 0) is 9.47 Å². The number of nitrogens with zero attached hydrogens (tertiary/aromatic N) is 3. The summed E-state index contributed by atoms with van der Waals surface area (Å²) in [5.41, 5.74) is -0.868. The summed E-state index contributed by atoms with van der Waals surface area (Å²) >= 11 is 5.46. The Bertz CT molecular complexity index is 720. The number of hydrogen-bond donors (Lipinski definition) is 1. The topological polar surface area (TPSA) is 91.4 Å². The van der Waals surface area contributed by atoms with Crippen molar-refractivity contribution in [1.29, 1.82) is 0 Å². The minimum Gasteiger partial charge on any atom is -0.444 e. The van der Waals surface area contributed by atoms with E-state index in [0.717, 1.165) is 25.9 Å². The average molecular weight is 459 g/mol. The Labute approximate surface area is 189 Å². The second-order valence-electron chi connectivity index (χ2n) is 10.7. The van der Waals surface area contributed by atoms with Gasteiger partial charge < -0.3 is 29.5 Å². The molecule has 4 atom stereocenters. The van der Waals surface area contributed by atoms with Gasteiger partial charge in [0.05, 0.1) is 12.1 Å². The predicted molar refractivity (Wildman–Crippen MR) is 116 cm³/mol. The molecule has 4 aliphatic heterocycles. The van der Waals surface area contributed by atoms with E-state index in [-0.39, 0.29) is 29.9 Å². The van der Waals surface area contributed by atoms with Crippen LogP contribution in [0, 0.1) is 0 Å². The van der Waals surface area contributed by atoms with Crippen molar-refractivity contribution in [3.8, 4) is 0 Å². The van der Waals surface area contributed by atoms with Gasteiger partial charge >= 0.3 is 17.6 Å².